The first kappa shape index (κ1) is 16.3. The number of aliphatic hydroxyl groups is 1. The minimum Gasteiger partial charge on any atom is -0.399 e. The quantitative estimate of drug-likeness (QED) is 0.694. The maximum absolute atomic E-state index is 12.1. The van der Waals surface area contributed by atoms with Crippen molar-refractivity contribution in [1.82, 2.24) is 4.90 Å². The molecule has 5 heteroatoms. The van der Waals surface area contributed by atoms with Crippen molar-refractivity contribution in [3.8, 4) is 0 Å². The van der Waals surface area contributed by atoms with E-state index in [9.17, 15) is 9.90 Å². The fraction of sp³-hybridized carbons (Fsp3) is 0.533. The molecule has 1 rings (SSSR count). The normalized spacial score (nSPS) is 12.3. The number of nitrogens with two attached hydrogens (primary N) is 1. The summed E-state index contributed by atoms with van der Waals surface area (Å²) >= 11 is 0. The third kappa shape index (κ3) is 4.74. The van der Waals surface area contributed by atoms with Gasteiger partial charge in [0, 0.05) is 32.0 Å². The summed E-state index contributed by atoms with van der Waals surface area (Å²) in [5, 5.41) is 13.0. The summed E-state index contributed by atoms with van der Waals surface area (Å²) in [6.07, 6.45) is 0.269. The van der Waals surface area contributed by atoms with Gasteiger partial charge in [0.15, 0.2) is 0 Å². The monoisotopic (exact) mass is 279 g/mol. The second-order valence-corrected chi connectivity index (χ2v) is 5.67. The predicted molar refractivity (Wildman–Crippen MR) is 82.8 cm³/mol. The lowest BCUT2D eigenvalue weighted by Crippen LogP contribution is -2.25. The smallest absolute Gasteiger partial charge is 0.255 e. The molecule has 4 N–H and O–H groups in total. The van der Waals surface area contributed by atoms with Crippen LogP contribution in [-0.4, -0.2) is 42.7 Å². The van der Waals surface area contributed by atoms with Crippen molar-refractivity contribution >= 4 is 17.3 Å². The van der Waals surface area contributed by atoms with Crippen LogP contribution < -0.4 is 11.1 Å². The van der Waals surface area contributed by atoms with Gasteiger partial charge in [0.1, 0.15) is 0 Å². The van der Waals surface area contributed by atoms with Crippen LogP contribution in [0.4, 0.5) is 11.4 Å². The predicted octanol–water partition coefficient (Wildman–Crippen LogP) is 1.79. The minimum absolute atomic E-state index is 0.0918. The molecule has 20 heavy (non-hydrogen) atoms. The molecule has 0 bridgehead atoms. The van der Waals surface area contributed by atoms with Crippen molar-refractivity contribution in [2.45, 2.75) is 26.4 Å². The van der Waals surface area contributed by atoms with Gasteiger partial charge >= 0.3 is 0 Å². The number of hydrogen-bond donors (Lipinski definition) is 3. The van der Waals surface area contributed by atoms with Crippen LogP contribution in [0.5, 0.6) is 0 Å². The Balaban J connectivity index is 2.82. The van der Waals surface area contributed by atoms with Crippen LogP contribution in [0.1, 0.15) is 30.6 Å². The van der Waals surface area contributed by atoms with Gasteiger partial charge in [-0.25, -0.2) is 0 Å². The van der Waals surface area contributed by atoms with E-state index in [-0.39, 0.29) is 5.91 Å². The van der Waals surface area contributed by atoms with Crippen molar-refractivity contribution < 1.29 is 9.90 Å². The highest BCUT2D eigenvalue weighted by molar-refractivity contribution is 6.00. The molecule has 1 amide bonds. The number of rotatable bonds is 6. The van der Waals surface area contributed by atoms with Crippen molar-refractivity contribution in [3.05, 3.63) is 23.8 Å². The SMILES string of the molecule is CC(C)CC(O)CNc1cc(N)ccc1C(=O)N(C)C. The molecule has 0 fully saturated rings. The number of nitrogens with zero attached hydrogens (tertiary/aromatic N) is 1. The molecule has 0 aliphatic rings. The summed E-state index contributed by atoms with van der Waals surface area (Å²) in [6, 6.07) is 5.13. The van der Waals surface area contributed by atoms with Crippen LogP contribution in [0.15, 0.2) is 18.2 Å². The summed E-state index contributed by atoms with van der Waals surface area (Å²) in [5.74, 6) is 0.335. The van der Waals surface area contributed by atoms with E-state index in [4.69, 9.17) is 5.73 Å². The summed E-state index contributed by atoms with van der Waals surface area (Å²) < 4.78 is 0. The van der Waals surface area contributed by atoms with E-state index in [1.54, 1.807) is 32.3 Å². The van der Waals surface area contributed by atoms with E-state index in [2.05, 4.69) is 19.2 Å². The van der Waals surface area contributed by atoms with Gasteiger partial charge < -0.3 is 21.1 Å². The Labute approximate surface area is 120 Å². The Hall–Kier alpha value is -1.75. The minimum atomic E-state index is -0.446. The maximum atomic E-state index is 12.1. The molecule has 5 nitrogen and oxygen atoms in total. The van der Waals surface area contributed by atoms with Gasteiger partial charge in [-0.15, -0.1) is 0 Å². The number of benzene rings is 1. The third-order valence-electron chi connectivity index (χ3n) is 2.95. The Bertz CT molecular complexity index is 458. The van der Waals surface area contributed by atoms with Crippen LogP contribution in [0.3, 0.4) is 0 Å². The van der Waals surface area contributed by atoms with Crippen molar-refractivity contribution in [1.29, 1.82) is 0 Å². The molecule has 0 heterocycles. The molecule has 1 aromatic carbocycles. The lowest BCUT2D eigenvalue weighted by atomic mass is 10.1. The average molecular weight is 279 g/mol. The standard InChI is InChI=1S/C15H25N3O2/c1-10(2)7-12(19)9-17-14-8-11(16)5-6-13(14)15(20)18(3)4/h5-6,8,10,12,17,19H,7,9,16H2,1-4H3. The van der Waals surface area contributed by atoms with E-state index < -0.39 is 6.10 Å². The van der Waals surface area contributed by atoms with Gasteiger partial charge in [-0.1, -0.05) is 13.8 Å². The van der Waals surface area contributed by atoms with E-state index in [0.29, 0.717) is 35.8 Å². The van der Waals surface area contributed by atoms with Gasteiger partial charge in [0.25, 0.3) is 5.91 Å². The molecule has 0 aliphatic heterocycles. The molecule has 1 unspecified atom stereocenters. The zero-order chi connectivity index (χ0) is 15.3. The van der Waals surface area contributed by atoms with Gasteiger partial charge in [-0.05, 0) is 30.5 Å². The Kier molecular flexibility index (Phi) is 5.82. The maximum Gasteiger partial charge on any atom is 0.255 e. The Morgan fingerprint density at radius 1 is 1.40 bits per heavy atom. The number of anilines is 2. The summed E-state index contributed by atoms with van der Waals surface area (Å²) in [4.78, 5) is 13.6. The van der Waals surface area contributed by atoms with Crippen LogP contribution in [0, 0.1) is 5.92 Å². The molecular weight excluding hydrogens is 254 g/mol. The molecule has 0 spiro atoms. The lowest BCUT2D eigenvalue weighted by Gasteiger charge is -2.18. The van der Waals surface area contributed by atoms with E-state index in [1.165, 1.54) is 4.90 Å². The van der Waals surface area contributed by atoms with Crippen molar-refractivity contribution in [3.63, 3.8) is 0 Å². The van der Waals surface area contributed by atoms with Gasteiger partial charge in [0.2, 0.25) is 0 Å². The molecule has 0 aliphatic carbocycles. The highest BCUT2D eigenvalue weighted by Crippen LogP contribution is 2.21. The molecule has 1 aromatic rings. The van der Waals surface area contributed by atoms with E-state index >= 15 is 0 Å². The first-order valence-electron chi connectivity index (χ1n) is 6.84. The van der Waals surface area contributed by atoms with Crippen LogP contribution in [0.25, 0.3) is 0 Å². The highest BCUT2D eigenvalue weighted by Gasteiger charge is 2.14. The first-order valence-corrected chi connectivity index (χ1v) is 6.84. The number of carbonyl (C=O) groups is 1. The molecule has 1 atom stereocenters. The highest BCUT2D eigenvalue weighted by atomic mass is 16.3. The third-order valence-corrected chi connectivity index (χ3v) is 2.95. The van der Waals surface area contributed by atoms with Gasteiger partial charge in [0.05, 0.1) is 11.7 Å². The molecular formula is C15H25N3O2. The zero-order valence-corrected chi connectivity index (χ0v) is 12.7. The number of nitrogens with one attached hydrogen (secondary N) is 1. The fourth-order valence-corrected chi connectivity index (χ4v) is 1.99. The van der Waals surface area contributed by atoms with Gasteiger partial charge in [-0.2, -0.15) is 0 Å². The average Bonchev–Trinajstić information content (AvgIpc) is 2.34. The van der Waals surface area contributed by atoms with E-state index in [1.807, 2.05) is 0 Å². The molecule has 112 valence electrons. The molecule has 0 saturated carbocycles. The number of amides is 1. The summed E-state index contributed by atoms with van der Waals surface area (Å²) in [5.41, 5.74) is 7.56. The molecule has 0 saturated heterocycles. The first-order chi connectivity index (χ1) is 9.31. The topological polar surface area (TPSA) is 78.6 Å². The lowest BCUT2D eigenvalue weighted by molar-refractivity contribution is 0.0828. The van der Waals surface area contributed by atoms with Gasteiger partial charge in [-0.3, -0.25) is 4.79 Å². The van der Waals surface area contributed by atoms with Crippen molar-refractivity contribution in [2.24, 2.45) is 5.92 Å². The molecule has 0 aromatic heterocycles. The van der Waals surface area contributed by atoms with E-state index in [0.717, 1.165) is 0 Å². The Morgan fingerprint density at radius 3 is 2.60 bits per heavy atom. The summed E-state index contributed by atoms with van der Waals surface area (Å²) in [7, 11) is 3.41. The molecule has 0 radical (unpaired) electrons. The second-order valence-electron chi connectivity index (χ2n) is 5.67. The summed E-state index contributed by atoms with van der Waals surface area (Å²) in [6.45, 7) is 4.52. The fourth-order valence-electron chi connectivity index (χ4n) is 1.99. The number of carbonyl (C=O) groups excluding carboxylic acids is 1. The number of aliphatic hydroxyl groups excluding tert-OH is 1. The van der Waals surface area contributed by atoms with Crippen LogP contribution >= 0.6 is 0 Å². The number of nitrogen functional groups attached to an aromatic ring is 1. The second kappa shape index (κ2) is 7.14. The van der Waals surface area contributed by atoms with Crippen LogP contribution in [0.2, 0.25) is 0 Å². The number of hydrogen-bond acceptors (Lipinski definition) is 4. The zero-order valence-electron chi connectivity index (χ0n) is 12.7. The van der Waals surface area contributed by atoms with Crippen molar-refractivity contribution in [2.75, 3.05) is 31.7 Å². The Morgan fingerprint density at radius 2 is 2.05 bits per heavy atom. The van der Waals surface area contributed by atoms with Crippen LogP contribution in [-0.2, 0) is 0 Å². The largest absolute Gasteiger partial charge is 0.399 e.